The van der Waals surface area contributed by atoms with Crippen LogP contribution in [0.25, 0.3) is 0 Å². The number of carbonyl (C=O) groups is 2. The number of hydrogen-bond donors (Lipinski definition) is 0. The van der Waals surface area contributed by atoms with Gasteiger partial charge in [-0.1, -0.05) is 31.4 Å². The second-order valence-corrected chi connectivity index (χ2v) is 8.48. The third kappa shape index (κ3) is 2.91. The van der Waals surface area contributed by atoms with Crippen LogP contribution in [0.4, 0.5) is 0 Å². The normalized spacial score (nSPS) is 26.3. The monoisotopic (exact) mass is 390 g/mol. The van der Waals surface area contributed by atoms with Crippen LogP contribution >= 0.6 is 24.0 Å². The van der Waals surface area contributed by atoms with Crippen LogP contribution < -0.4 is 0 Å². The Bertz CT molecular complexity index is 731. The lowest BCUT2D eigenvalue weighted by Gasteiger charge is -2.32. The molecular weight excluding hydrogens is 368 g/mol. The molecule has 0 bridgehead atoms. The molecule has 1 saturated carbocycles. The topological polar surface area (TPSA) is 49.9 Å². The van der Waals surface area contributed by atoms with Crippen LogP contribution in [0.5, 0.6) is 0 Å². The Kier molecular flexibility index (Phi) is 4.92. The van der Waals surface area contributed by atoms with Gasteiger partial charge < -0.3 is 9.64 Å². The van der Waals surface area contributed by atoms with Crippen LogP contribution in [0.15, 0.2) is 24.3 Å². The van der Waals surface area contributed by atoms with Crippen LogP contribution in [0, 0.1) is 0 Å². The largest absolute Gasteiger partial charge is 0.465 e. The van der Waals surface area contributed by atoms with Gasteiger partial charge in [0.2, 0.25) is 0 Å². The first-order chi connectivity index (χ1) is 12.6. The molecular formula is C19H22N2O3S2. The molecule has 3 fully saturated rings. The molecule has 1 amide bonds. The zero-order chi connectivity index (χ0) is 18.3. The Hall–Kier alpha value is -1.60. The molecule has 0 N–H and O–H groups in total. The first-order valence-corrected chi connectivity index (χ1v) is 10.5. The Morgan fingerprint density at radius 2 is 1.88 bits per heavy atom. The molecule has 26 heavy (non-hydrogen) atoms. The number of carbonyl (C=O) groups excluding carboxylic acids is 2. The Labute approximate surface area is 163 Å². The Morgan fingerprint density at radius 3 is 2.54 bits per heavy atom. The number of hydrogen-bond acceptors (Lipinski definition) is 5. The van der Waals surface area contributed by atoms with Crippen molar-refractivity contribution in [1.82, 2.24) is 9.80 Å². The minimum atomic E-state index is -0.344. The maximum absolute atomic E-state index is 13.0. The number of ether oxygens (including phenoxy) is 1. The predicted molar refractivity (Wildman–Crippen MR) is 105 cm³/mol. The van der Waals surface area contributed by atoms with Gasteiger partial charge >= 0.3 is 5.97 Å². The number of thiocarbonyl (C=S) groups is 1. The van der Waals surface area contributed by atoms with Gasteiger partial charge in [-0.2, -0.15) is 0 Å². The zero-order valence-electron chi connectivity index (χ0n) is 14.7. The van der Waals surface area contributed by atoms with Gasteiger partial charge in [-0.3, -0.25) is 9.69 Å². The van der Waals surface area contributed by atoms with E-state index in [-0.39, 0.29) is 29.3 Å². The van der Waals surface area contributed by atoms with Crippen molar-refractivity contribution in [3.05, 3.63) is 35.4 Å². The van der Waals surface area contributed by atoms with Gasteiger partial charge in [0.15, 0.2) is 5.11 Å². The van der Waals surface area contributed by atoms with Crippen molar-refractivity contribution >= 4 is 41.0 Å². The van der Waals surface area contributed by atoms with Crippen LogP contribution in [0.2, 0.25) is 0 Å². The lowest BCUT2D eigenvalue weighted by molar-refractivity contribution is -0.129. The highest BCUT2D eigenvalue weighted by Crippen LogP contribution is 2.46. The molecule has 1 aromatic rings. The van der Waals surface area contributed by atoms with E-state index in [9.17, 15) is 9.59 Å². The average molecular weight is 391 g/mol. The summed E-state index contributed by atoms with van der Waals surface area (Å²) in [5, 5.41) is 0.704. The molecule has 0 radical (unpaired) electrons. The van der Waals surface area contributed by atoms with Crippen LogP contribution in [-0.4, -0.2) is 51.7 Å². The second kappa shape index (κ2) is 7.19. The second-order valence-electron chi connectivity index (χ2n) is 7.00. The molecule has 7 heteroatoms. The number of benzene rings is 1. The lowest BCUT2D eigenvalue weighted by atomic mass is 9.94. The van der Waals surface area contributed by atoms with Crippen molar-refractivity contribution in [3.63, 3.8) is 0 Å². The lowest BCUT2D eigenvalue weighted by Crippen LogP contribution is -2.42. The van der Waals surface area contributed by atoms with Crippen molar-refractivity contribution in [1.29, 1.82) is 0 Å². The van der Waals surface area contributed by atoms with Gasteiger partial charge in [-0.15, -0.1) is 11.8 Å². The first kappa shape index (κ1) is 17.8. The molecule has 0 spiro atoms. The average Bonchev–Trinajstić information content (AvgIpc) is 3.22. The fraction of sp³-hybridized carbons (Fsp3) is 0.526. The molecule has 3 aliphatic rings. The van der Waals surface area contributed by atoms with Gasteiger partial charge in [-0.05, 0) is 42.8 Å². The van der Waals surface area contributed by atoms with E-state index >= 15 is 0 Å². The molecule has 0 aromatic heterocycles. The van der Waals surface area contributed by atoms with Crippen LogP contribution in [0.1, 0.15) is 53.4 Å². The summed E-state index contributed by atoms with van der Waals surface area (Å²) in [6.07, 6.45) is 5.71. The maximum Gasteiger partial charge on any atom is 0.337 e. The van der Waals surface area contributed by atoms with Gasteiger partial charge in [0.25, 0.3) is 5.91 Å². The number of amides is 1. The highest BCUT2D eigenvalue weighted by molar-refractivity contribution is 7.99. The van der Waals surface area contributed by atoms with Gasteiger partial charge in [0.1, 0.15) is 11.4 Å². The summed E-state index contributed by atoms with van der Waals surface area (Å²) in [7, 11) is 1.38. The molecule has 1 aromatic carbocycles. The standard InChI is InChI=1S/C19H22N2O3S2/c1-24-18(23)13-9-7-12(8-10-13)17-21-15(11-26-17)16(22)20(19(21)25)14-5-3-2-4-6-14/h7-10,14-15,17H,2-6,11H2,1H3/t15-,17-/m0/s1. The number of rotatable bonds is 3. The van der Waals surface area contributed by atoms with Crippen LogP contribution in [-0.2, 0) is 9.53 Å². The minimum Gasteiger partial charge on any atom is -0.465 e. The van der Waals surface area contributed by atoms with Gasteiger partial charge in [0, 0.05) is 11.8 Å². The number of esters is 1. The summed E-state index contributed by atoms with van der Waals surface area (Å²) in [5.41, 5.74) is 1.59. The summed E-state index contributed by atoms with van der Waals surface area (Å²) < 4.78 is 4.76. The summed E-state index contributed by atoms with van der Waals surface area (Å²) in [6, 6.07) is 7.52. The molecule has 2 aliphatic heterocycles. The minimum absolute atomic E-state index is 0.0248. The highest BCUT2D eigenvalue weighted by Gasteiger charge is 2.52. The fourth-order valence-electron chi connectivity index (χ4n) is 4.14. The van der Waals surface area contributed by atoms with E-state index in [1.54, 1.807) is 23.9 Å². The summed E-state index contributed by atoms with van der Waals surface area (Å²) in [5.74, 6) is 0.581. The first-order valence-electron chi connectivity index (χ1n) is 9.07. The number of fused-ring (bicyclic) bond motifs is 1. The zero-order valence-corrected chi connectivity index (χ0v) is 16.4. The van der Waals surface area contributed by atoms with Gasteiger partial charge in [0.05, 0.1) is 12.7 Å². The summed E-state index contributed by atoms with van der Waals surface area (Å²) in [6.45, 7) is 0. The molecule has 2 saturated heterocycles. The van der Waals surface area contributed by atoms with E-state index in [0.717, 1.165) is 24.2 Å². The van der Waals surface area contributed by atoms with Crippen molar-refractivity contribution in [2.24, 2.45) is 0 Å². The smallest absolute Gasteiger partial charge is 0.337 e. The molecule has 4 rings (SSSR count). The Morgan fingerprint density at radius 1 is 1.19 bits per heavy atom. The van der Waals surface area contributed by atoms with E-state index < -0.39 is 0 Å². The molecule has 0 unspecified atom stereocenters. The van der Waals surface area contributed by atoms with Gasteiger partial charge in [-0.25, -0.2) is 4.79 Å². The van der Waals surface area contributed by atoms with E-state index in [2.05, 4.69) is 4.90 Å². The van der Waals surface area contributed by atoms with Crippen LogP contribution in [0.3, 0.4) is 0 Å². The van der Waals surface area contributed by atoms with E-state index in [1.165, 1.54) is 26.4 Å². The van der Waals surface area contributed by atoms with E-state index in [1.807, 2.05) is 17.0 Å². The predicted octanol–water partition coefficient (Wildman–Crippen LogP) is 3.35. The molecule has 2 heterocycles. The highest BCUT2D eigenvalue weighted by atomic mass is 32.2. The number of thioether (sulfide) groups is 1. The van der Waals surface area contributed by atoms with Crippen molar-refractivity contribution in [2.45, 2.75) is 49.6 Å². The molecule has 5 nitrogen and oxygen atoms in total. The summed E-state index contributed by atoms with van der Waals surface area (Å²) >= 11 is 7.48. The molecule has 138 valence electrons. The SMILES string of the molecule is COC(=O)c1ccc([C@@H]2SC[C@H]3C(=O)N(C4CCCCC4)C(=S)N32)cc1. The third-order valence-corrected chi connectivity index (χ3v) is 7.24. The number of methoxy groups -OCH3 is 1. The third-order valence-electron chi connectivity index (χ3n) is 5.51. The maximum atomic E-state index is 13.0. The number of nitrogens with zero attached hydrogens (tertiary/aromatic N) is 2. The van der Waals surface area contributed by atoms with E-state index in [0.29, 0.717) is 10.7 Å². The van der Waals surface area contributed by atoms with Crippen molar-refractivity contribution in [2.75, 3.05) is 12.9 Å². The van der Waals surface area contributed by atoms with Crippen molar-refractivity contribution in [3.8, 4) is 0 Å². The quantitative estimate of drug-likeness (QED) is 0.583. The van der Waals surface area contributed by atoms with E-state index in [4.69, 9.17) is 17.0 Å². The molecule has 1 aliphatic carbocycles. The Balaban J connectivity index is 1.56. The summed E-state index contributed by atoms with van der Waals surface area (Å²) in [4.78, 5) is 28.6. The molecule has 2 atom stereocenters. The fourth-order valence-corrected chi connectivity index (χ4v) is 6.11. The van der Waals surface area contributed by atoms with Crippen molar-refractivity contribution < 1.29 is 14.3 Å².